The third-order valence-electron chi connectivity index (χ3n) is 5.75. The van der Waals surface area contributed by atoms with Crippen molar-refractivity contribution >= 4 is 46.5 Å². The Hall–Kier alpha value is -2.16. The summed E-state index contributed by atoms with van der Waals surface area (Å²) in [6.07, 6.45) is 3.62. The minimum atomic E-state index is 0.458. The molecular weight excluding hydrogens is 432 g/mol. The van der Waals surface area contributed by atoms with Crippen molar-refractivity contribution < 1.29 is 4.74 Å². The van der Waals surface area contributed by atoms with Gasteiger partial charge in [0.2, 0.25) is 5.95 Å². The topological polar surface area (TPSA) is 65.6 Å². The molecule has 1 aromatic carbocycles. The van der Waals surface area contributed by atoms with Gasteiger partial charge in [0.1, 0.15) is 11.6 Å². The number of aromatic nitrogens is 2. The van der Waals surface area contributed by atoms with Crippen LogP contribution in [0, 0.1) is 0 Å². The summed E-state index contributed by atoms with van der Waals surface area (Å²) in [5.41, 5.74) is 0.985. The number of nitrogens with zero attached hydrogens (tertiary/aromatic N) is 4. The molecule has 2 aliphatic heterocycles. The number of rotatable bonds is 5. The molecule has 2 saturated heterocycles. The molecule has 0 spiro atoms. The second-order valence-electron chi connectivity index (χ2n) is 7.94. The Morgan fingerprint density at radius 2 is 1.94 bits per heavy atom. The van der Waals surface area contributed by atoms with Gasteiger partial charge in [0, 0.05) is 43.3 Å². The van der Waals surface area contributed by atoms with E-state index in [0.29, 0.717) is 41.9 Å². The van der Waals surface area contributed by atoms with Gasteiger partial charge in [-0.25, -0.2) is 0 Å². The van der Waals surface area contributed by atoms with Gasteiger partial charge in [-0.1, -0.05) is 29.8 Å². The van der Waals surface area contributed by atoms with Crippen molar-refractivity contribution in [3.63, 3.8) is 0 Å². The first kappa shape index (κ1) is 22.0. The van der Waals surface area contributed by atoms with Crippen molar-refractivity contribution in [1.29, 1.82) is 0 Å². The molecule has 2 aromatic rings. The molecule has 1 aromatic heterocycles. The van der Waals surface area contributed by atoms with E-state index in [9.17, 15) is 0 Å². The molecule has 166 valence electrons. The van der Waals surface area contributed by atoms with Gasteiger partial charge >= 0.3 is 0 Å². The molecule has 0 amide bonds. The molecule has 0 aliphatic carbocycles. The maximum atomic E-state index is 6.25. The summed E-state index contributed by atoms with van der Waals surface area (Å²) in [6, 6.07) is 10.3. The van der Waals surface area contributed by atoms with Crippen LogP contribution in [0.1, 0.15) is 31.7 Å². The SMILES string of the molecule is C[C@H]1CCCCN1c1cc(N2CCOCC2)nc(NC(=S)NCc2ccccc2Cl)n1. The number of morpholine rings is 1. The number of ether oxygens (including phenoxy) is 1. The van der Waals surface area contributed by atoms with Crippen molar-refractivity contribution in [2.24, 2.45) is 0 Å². The lowest BCUT2D eigenvalue weighted by molar-refractivity contribution is 0.122. The fraction of sp³-hybridized carbons (Fsp3) is 0.500. The highest BCUT2D eigenvalue weighted by molar-refractivity contribution is 7.80. The first-order chi connectivity index (χ1) is 15.1. The van der Waals surface area contributed by atoms with E-state index in [2.05, 4.69) is 33.4 Å². The van der Waals surface area contributed by atoms with Crippen molar-refractivity contribution in [2.75, 3.05) is 48.0 Å². The van der Waals surface area contributed by atoms with E-state index in [4.69, 9.17) is 38.5 Å². The van der Waals surface area contributed by atoms with Gasteiger partial charge in [-0.05, 0) is 50.0 Å². The van der Waals surface area contributed by atoms with E-state index in [-0.39, 0.29) is 0 Å². The van der Waals surface area contributed by atoms with E-state index in [1.807, 2.05) is 24.3 Å². The van der Waals surface area contributed by atoms with Crippen LogP contribution in [0.3, 0.4) is 0 Å². The number of hydrogen-bond donors (Lipinski definition) is 2. The molecule has 9 heteroatoms. The minimum absolute atomic E-state index is 0.458. The zero-order chi connectivity index (χ0) is 21.6. The zero-order valence-corrected chi connectivity index (χ0v) is 19.4. The zero-order valence-electron chi connectivity index (χ0n) is 17.8. The van der Waals surface area contributed by atoms with Gasteiger partial charge in [-0.15, -0.1) is 0 Å². The van der Waals surface area contributed by atoms with Crippen molar-refractivity contribution in [1.82, 2.24) is 15.3 Å². The average molecular weight is 461 g/mol. The summed E-state index contributed by atoms with van der Waals surface area (Å²) in [6.45, 7) is 6.86. The second-order valence-corrected chi connectivity index (χ2v) is 8.76. The number of thiocarbonyl (C=S) groups is 1. The number of piperidine rings is 1. The van der Waals surface area contributed by atoms with Crippen LogP contribution in [0.4, 0.5) is 17.6 Å². The highest BCUT2D eigenvalue weighted by Gasteiger charge is 2.23. The lowest BCUT2D eigenvalue weighted by atomic mass is 10.0. The Kier molecular flexibility index (Phi) is 7.42. The summed E-state index contributed by atoms with van der Waals surface area (Å²) >= 11 is 11.8. The number of hydrogen-bond acceptors (Lipinski definition) is 6. The smallest absolute Gasteiger partial charge is 0.232 e. The van der Waals surface area contributed by atoms with E-state index >= 15 is 0 Å². The van der Waals surface area contributed by atoms with Crippen molar-refractivity contribution in [2.45, 2.75) is 38.8 Å². The third kappa shape index (κ3) is 5.75. The summed E-state index contributed by atoms with van der Waals surface area (Å²) in [7, 11) is 0. The summed E-state index contributed by atoms with van der Waals surface area (Å²) in [5.74, 6) is 2.36. The van der Waals surface area contributed by atoms with Gasteiger partial charge in [0.05, 0.1) is 13.2 Å². The first-order valence-corrected chi connectivity index (χ1v) is 11.7. The molecule has 0 radical (unpaired) electrons. The van der Waals surface area contributed by atoms with Gasteiger partial charge in [-0.2, -0.15) is 9.97 Å². The van der Waals surface area contributed by atoms with Crippen molar-refractivity contribution in [3.8, 4) is 0 Å². The predicted octanol–water partition coefficient (Wildman–Crippen LogP) is 3.83. The predicted molar refractivity (Wildman–Crippen MR) is 130 cm³/mol. The molecule has 7 nitrogen and oxygen atoms in total. The Labute approximate surface area is 194 Å². The van der Waals surface area contributed by atoms with E-state index in [0.717, 1.165) is 36.8 Å². The summed E-state index contributed by atoms with van der Waals surface area (Å²) < 4.78 is 5.51. The molecular formula is C22H29ClN6OS. The van der Waals surface area contributed by atoms with E-state index < -0.39 is 0 Å². The summed E-state index contributed by atoms with van der Waals surface area (Å²) in [4.78, 5) is 14.2. The quantitative estimate of drug-likeness (QED) is 0.652. The molecule has 31 heavy (non-hydrogen) atoms. The molecule has 2 fully saturated rings. The van der Waals surface area contributed by atoms with Gasteiger partial charge in [-0.3, -0.25) is 0 Å². The monoisotopic (exact) mass is 460 g/mol. The van der Waals surface area contributed by atoms with Crippen LogP contribution in [0.25, 0.3) is 0 Å². The van der Waals surface area contributed by atoms with Crippen LogP contribution in [0.15, 0.2) is 30.3 Å². The fourth-order valence-corrected chi connectivity index (χ4v) is 4.35. The Bertz CT molecular complexity index is 907. The Morgan fingerprint density at radius 1 is 1.16 bits per heavy atom. The normalized spacial score (nSPS) is 19.2. The molecule has 2 N–H and O–H groups in total. The maximum Gasteiger partial charge on any atom is 0.232 e. The molecule has 0 bridgehead atoms. The average Bonchev–Trinajstić information content (AvgIpc) is 2.79. The molecule has 4 rings (SSSR count). The Morgan fingerprint density at radius 3 is 2.71 bits per heavy atom. The van der Waals surface area contributed by atoms with Crippen LogP contribution >= 0.6 is 23.8 Å². The second kappa shape index (κ2) is 10.4. The van der Waals surface area contributed by atoms with Gasteiger partial charge in [0.15, 0.2) is 5.11 Å². The summed E-state index contributed by atoms with van der Waals surface area (Å²) in [5, 5.41) is 7.56. The lowest BCUT2D eigenvalue weighted by Crippen LogP contribution is -2.40. The largest absolute Gasteiger partial charge is 0.378 e. The minimum Gasteiger partial charge on any atom is -0.378 e. The van der Waals surface area contributed by atoms with Gasteiger partial charge < -0.3 is 25.2 Å². The van der Waals surface area contributed by atoms with Crippen LogP contribution in [0.2, 0.25) is 5.02 Å². The lowest BCUT2D eigenvalue weighted by Gasteiger charge is -2.35. The van der Waals surface area contributed by atoms with E-state index in [1.165, 1.54) is 19.3 Å². The highest BCUT2D eigenvalue weighted by atomic mass is 35.5. The number of nitrogens with one attached hydrogen (secondary N) is 2. The van der Waals surface area contributed by atoms with Crippen LogP contribution in [-0.4, -0.2) is 54.0 Å². The van der Waals surface area contributed by atoms with Crippen molar-refractivity contribution in [3.05, 3.63) is 40.9 Å². The standard InChI is InChI=1S/C22H29ClN6OS/c1-16-6-4-5-9-29(16)20-14-19(28-10-12-30-13-11-28)25-21(26-20)27-22(31)24-15-17-7-2-3-8-18(17)23/h2-3,7-8,14,16H,4-6,9-13,15H2,1H3,(H2,24,25,26,27,31)/t16-/m0/s1. The third-order valence-corrected chi connectivity index (χ3v) is 6.37. The number of halogens is 1. The molecule has 2 aliphatic rings. The van der Waals surface area contributed by atoms with Crippen LogP contribution < -0.4 is 20.4 Å². The Balaban J connectivity index is 1.51. The molecule has 3 heterocycles. The highest BCUT2D eigenvalue weighted by Crippen LogP contribution is 2.27. The first-order valence-electron chi connectivity index (χ1n) is 10.9. The maximum absolute atomic E-state index is 6.25. The number of anilines is 3. The molecule has 0 unspecified atom stereocenters. The molecule has 0 saturated carbocycles. The van der Waals surface area contributed by atoms with Crippen LogP contribution in [0.5, 0.6) is 0 Å². The van der Waals surface area contributed by atoms with E-state index in [1.54, 1.807) is 0 Å². The van der Waals surface area contributed by atoms with Crippen LogP contribution in [-0.2, 0) is 11.3 Å². The fourth-order valence-electron chi connectivity index (χ4n) is 3.98. The van der Waals surface area contributed by atoms with Gasteiger partial charge in [0.25, 0.3) is 0 Å². The molecule has 1 atom stereocenters. The number of benzene rings is 1.